The second-order valence-electron chi connectivity index (χ2n) is 2.70. The van der Waals surface area contributed by atoms with Crippen molar-refractivity contribution < 1.29 is 27.2 Å². The van der Waals surface area contributed by atoms with Gasteiger partial charge in [0.2, 0.25) is 0 Å². The Morgan fingerprint density at radius 3 is 2.80 bits per heavy atom. The molecule has 0 amide bonds. The minimum atomic E-state index is -4.41. The molecular weight excluding hydrogens is 215 g/mol. The number of hydrogen-bond donors (Lipinski definition) is 0. The summed E-state index contributed by atoms with van der Waals surface area (Å²) in [7, 11) is 0. The Labute approximate surface area is 83.0 Å². The quantitative estimate of drug-likeness (QED) is 0.735. The topological polar surface area (TPSA) is 52.3 Å². The molecule has 1 aromatic heterocycles. The molecule has 84 valence electrons. The van der Waals surface area contributed by atoms with E-state index in [1.165, 1.54) is 0 Å². The van der Waals surface area contributed by atoms with Gasteiger partial charge in [-0.15, -0.1) is 0 Å². The highest BCUT2D eigenvalue weighted by Crippen LogP contribution is 2.23. The number of rotatable bonds is 3. The van der Waals surface area contributed by atoms with Gasteiger partial charge in [-0.25, -0.2) is 4.79 Å². The predicted molar refractivity (Wildman–Crippen MR) is 42.2 cm³/mol. The number of hydrogen-bond acceptors (Lipinski definition) is 4. The molecule has 0 aliphatic rings. The van der Waals surface area contributed by atoms with Crippen LogP contribution in [-0.4, -0.2) is 23.9 Å². The molecule has 0 aliphatic carbocycles. The van der Waals surface area contributed by atoms with Crippen LogP contribution in [0, 0.1) is 0 Å². The van der Waals surface area contributed by atoms with Crippen LogP contribution in [0.4, 0.5) is 13.2 Å². The Balaban J connectivity index is 2.82. The molecule has 15 heavy (non-hydrogen) atoms. The summed E-state index contributed by atoms with van der Waals surface area (Å²) < 4.78 is 44.9. The first-order valence-electron chi connectivity index (χ1n) is 4.11. The van der Waals surface area contributed by atoms with E-state index in [0.29, 0.717) is 0 Å². The molecule has 0 fully saturated rings. The first kappa shape index (κ1) is 11.5. The van der Waals surface area contributed by atoms with Crippen LogP contribution < -0.4 is 0 Å². The lowest BCUT2D eigenvalue weighted by atomic mass is 10.2. The van der Waals surface area contributed by atoms with Crippen LogP contribution in [0.1, 0.15) is 23.0 Å². The van der Waals surface area contributed by atoms with Crippen molar-refractivity contribution in [1.82, 2.24) is 5.16 Å². The molecule has 0 saturated carbocycles. The molecule has 0 N–H and O–H groups in total. The number of halogens is 3. The maximum absolute atomic E-state index is 12.0. The number of carbonyl (C=O) groups is 1. The molecule has 1 aromatic rings. The van der Waals surface area contributed by atoms with E-state index in [1.807, 2.05) is 0 Å². The van der Waals surface area contributed by atoms with Gasteiger partial charge in [-0.05, 0) is 6.92 Å². The Morgan fingerprint density at radius 1 is 1.60 bits per heavy atom. The van der Waals surface area contributed by atoms with Crippen molar-refractivity contribution in [3.63, 3.8) is 0 Å². The molecule has 0 aromatic carbocycles. The van der Waals surface area contributed by atoms with Crippen LogP contribution >= 0.6 is 0 Å². The van der Waals surface area contributed by atoms with Gasteiger partial charge < -0.3 is 9.26 Å². The van der Waals surface area contributed by atoms with Crippen molar-refractivity contribution in [2.75, 3.05) is 6.61 Å². The van der Waals surface area contributed by atoms with Crippen LogP contribution in [0.15, 0.2) is 10.8 Å². The van der Waals surface area contributed by atoms with Gasteiger partial charge in [0, 0.05) is 5.56 Å². The zero-order valence-corrected chi connectivity index (χ0v) is 7.80. The summed E-state index contributed by atoms with van der Waals surface area (Å²) >= 11 is 0. The van der Waals surface area contributed by atoms with E-state index in [1.54, 1.807) is 6.92 Å². The van der Waals surface area contributed by atoms with Crippen LogP contribution in [0.3, 0.4) is 0 Å². The highest BCUT2D eigenvalue weighted by atomic mass is 19.4. The Morgan fingerprint density at radius 2 is 2.27 bits per heavy atom. The molecule has 0 atom stereocenters. The fraction of sp³-hybridized carbons (Fsp3) is 0.500. The van der Waals surface area contributed by atoms with Gasteiger partial charge in [-0.1, -0.05) is 5.16 Å². The molecule has 0 saturated heterocycles. The van der Waals surface area contributed by atoms with Crippen molar-refractivity contribution in [3.05, 3.63) is 17.5 Å². The lowest BCUT2D eigenvalue weighted by Crippen LogP contribution is -2.15. The Bertz CT molecular complexity index is 345. The van der Waals surface area contributed by atoms with Crippen molar-refractivity contribution in [2.24, 2.45) is 0 Å². The highest BCUT2D eigenvalue weighted by Gasteiger charge is 2.32. The van der Waals surface area contributed by atoms with E-state index in [4.69, 9.17) is 0 Å². The third-order valence-corrected chi connectivity index (χ3v) is 1.50. The van der Waals surface area contributed by atoms with E-state index in [0.717, 1.165) is 6.26 Å². The predicted octanol–water partition coefficient (Wildman–Crippen LogP) is 1.96. The standard InChI is InChI=1S/C8H8F3NO3/c1-2-14-7(13)6-5(4-15-12-6)3-8(9,10)11/h4H,2-3H2,1H3. The zero-order valence-electron chi connectivity index (χ0n) is 7.80. The van der Waals surface area contributed by atoms with Crippen molar-refractivity contribution in [3.8, 4) is 0 Å². The van der Waals surface area contributed by atoms with Gasteiger partial charge in [0.15, 0.2) is 5.69 Å². The largest absolute Gasteiger partial charge is 0.461 e. The SMILES string of the molecule is CCOC(=O)c1nocc1CC(F)(F)F. The van der Waals surface area contributed by atoms with Crippen LogP contribution in [0.2, 0.25) is 0 Å². The molecule has 1 rings (SSSR count). The average molecular weight is 223 g/mol. The third-order valence-electron chi connectivity index (χ3n) is 1.50. The van der Waals surface area contributed by atoms with Gasteiger partial charge in [-0.3, -0.25) is 0 Å². The van der Waals surface area contributed by atoms with Gasteiger partial charge in [0.1, 0.15) is 6.26 Å². The molecule has 0 bridgehead atoms. The van der Waals surface area contributed by atoms with E-state index >= 15 is 0 Å². The number of aromatic nitrogens is 1. The van der Waals surface area contributed by atoms with E-state index in [2.05, 4.69) is 14.4 Å². The lowest BCUT2D eigenvalue weighted by Gasteiger charge is -2.04. The highest BCUT2D eigenvalue weighted by molar-refractivity contribution is 5.88. The fourth-order valence-electron chi connectivity index (χ4n) is 0.966. The molecular formula is C8H8F3NO3. The number of nitrogens with zero attached hydrogens (tertiary/aromatic N) is 1. The summed E-state index contributed by atoms with van der Waals surface area (Å²) in [6.07, 6.45) is -4.88. The van der Waals surface area contributed by atoms with Gasteiger partial charge >= 0.3 is 12.1 Å². The summed E-state index contributed by atoms with van der Waals surface area (Å²) in [6, 6.07) is 0. The minimum Gasteiger partial charge on any atom is -0.461 e. The smallest absolute Gasteiger partial charge is 0.393 e. The van der Waals surface area contributed by atoms with Crippen molar-refractivity contribution in [1.29, 1.82) is 0 Å². The van der Waals surface area contributed by atoms with E-state index < -0.39 is 24.3 Å². The molecule has 4 nitrogen and oxygen atoms in total. The van der Waals surface area contributed by atoms with Gasteiger partial charge in [0.05, 0.1) is 13.0 Å². The van der Waals surface area contributed by atoms with E-state index in [-0.39, 0.29) is 12.2 Å². The molecule has 0 radical (unpaired) electrons. The maximum Gasteiger partial charge on any atom is 0.393 e. The summed E-state index contributed by atoms with van der Waals surface area (Å²) in [5.74, 6) is -0.912. The van der Waals surface area contributed by atoms with Crippen molar-refractivity contribution >= 4 is 5.97 Å². The maximum atomic E-state index is 12.0. The number of ether oxygens (including phenoxy) is 1. The molecule has 0 unspecified atom stereocenters. The Hall–Kier alpha value is -1.53. The average Bonchev–Trinajstić information content (AvgIpc) is 2.49. The molecule has 0 spiro atoms. The van der Waals surface area contributed by atoms with E-state index in [9.17, 15) is 18.0 Å². The zero-order chi connectivity index (χ0) is 11.5. The normalized spacial score (nSPS) is 11.5. The third kappa shape index (κ3) is 3.26. The summed E-state index contributed by atoms with van der Waals surface area (Å²) in [5.41, 5.74) is -0.741. The summed E-state index contributed by atoms with van der Waals surface area (Å²) in [6.45, 7) is 1.61. The number of alkyl halides is 3. The Kier molecular flexibility index (Phi) is 3.33. The lowest BCUT2D eigenvalue weighted by molar-refractivity contribution is -0.127. The molecule has 1 heterocycles. The van der Waals surface area contributed by atoms with Gasteiger partial charge in [0.25, 0.3) is 0 Å². The van der Waals surface area contributed by atoms with Crippen LogP contribution in [0.25, 0.3) is 0 Å². The monoisotopic (exact) mass is 223 g/mol. The number of carbonyl (C=O) groups excluding carboxylic acids is 1. The molecule has 0 aliphatic heterocycles. The first-order chi connectivity index (χ1) is 6.94. The van der Waals surface area contributed by atoms with Gasteiger partial charge in [-0.2, -0.15) is 13.2 Å². The fourth-order valence-corrected chi connectivity index (χ4v) is 0.966. The number of esters is 1. The summed E-state index contributed by atoms with van der Waals surface area (Å²) in [5, 5.41) is 3.17. The second kappa shape index (κ2) is 4.33. The van der Waals surface area contributed by atoms with Crippen LogP contribution in [0.5, 0.6) is 0 Å². The molecule has 7 heteroatoms. The minimum absolute atomic E-state index is 0.0666. The second-order valence-corrected chi connectivity index (χ2v) is 2.70. The van der Waals surface area contributed by atoms with Crippen molar-refractivity contribution in [2.45, 2.75) is 19.5 Å². The first-order valence-corrected chi connectivity index (χ1v) is 4.11. The van der Waals surface area contributed by atoms with Crippen LogP contribution in [-0.2, 0) is 11.2 Å². The summed E-state index contributed by atoms with van der Waals surface area (Å²) in [4.78, 5) is 11.1.